The zero-order valence-corrected chi connectivity index (χ0v) is 12.0. The Morgan fingerprint density at radius 3 is 2.75 bits per heavy atom. The molecule has 110 valence electrons. The fraction of sp³-hybridized carbons (Fsp3) is 0.625. The lowest BCUT2D eigenvalue weighted by atomic mass is 9.79. The number of nitrogens with zero attached hydrogens (tertiary/aromatic N) is 1. The molecule has 2 heterocycles. The predicted molar refractivity (Wildman–Crippen MR) is 80.3 cm³/mol. The Kier molecular flexibility index (Phi) is 4.13. The third kappa shape index (κ3) is 2.76. The van der Waals surface area contributed by atoms with Crippen molar-refractivity contribution in [1.29, 1.82) is 0 Å². The predicted octanol–water partition coefficient (Wildman–Crippen LogP) is 2.03. The summed E-state index contributed by atoms with van der Waals surface area (Å²) in [6.45, 7) is 5.25. The van der Waals surface area contributed by atoms with Crippen LogP contribution in [0.4, 0.5) is 5.69 Å². The minimum Gasteiger partial charge on any atom is -0.491 e. The maximum absolute atomic E-state index is 6.10. The van der Waals surface area contributed by atoms with E-state index in [1.165, 1.54) is 5.69 Å². The normalized spacial score (nSPS) is 21.8. The van der Waals surface area contributed by atoms with E-state index in [1.54, 1.807) is 0 Å². The Balaban J connectivity index is 1.82. The zero-order chi connectivity index (χ0) is 13.8. The number of anilines is 1. The number of rotatable bonds is 3. The quantitative estimate of drug-likeness (QED) is 0.917. The third-order valence-corrected chi connectivity index (χ3v) is 4.55. The fourth-order valence-corrected chi connectivity index (χ4v) is 3.20. The van der Waals surface area contributed by atoms with Gasteiger partial charge < -0.3 is 20.1 Å². The first kappa shape index (κ1) is 13.7. The van der Waals surface area contributed by atoms with Crippen molar-refractivity contribution in [3.8, 4) is 5.75 Å². The highest BCUT2D eigenvalue weighted by Crippen LogP contribution is 2.36. The van der Waals surface area contributed by atoms with Crippen LogP contribution in [-0.4, -0.2) is 39.5 Å². The van der Waals surface area contributed by atoms with Crippen LogP contribution in [0.1, 0.15) is 19.3 Å². The molecule has 0 unspecified atom stereocenters. The minimum atomic E-state index is 0.190. The summed E-state index contributed by atoms with van der Waals surface area (Å²) in [5.41, 5.74) is 7.50. The molecule has 1 aromatic rings. The van der Waals surface area contributed by atoms with Crippen molar-refractivity contribution >= 4 is 5.69 Å². The van der Waals surface area contributed by atoms with Crippen LogP contribution in [0.25, 0.3) is 0 Å². The van der Waals surface area contributed by atoms with E-state index < -0.39 is 0 Å². The van der Waals surface area contributed by atoms with Gasteiger partial charge in [-0.1, -0.05) is 12.1 Å². The Morgan fingerprint density at radius 1 is 1.15 bits per heavy atom. The molecule has 0 aliphatic carbocycles. The molecule has 4 nitrogen and oxygen atoms in total. The Labute approximate surface area is 120 Å². The second-order valence-corrected chi connectivity index (χ2v) is 5.91. The summed E-state index contributed by atoms with van der Waals surface area (Å²) in [5, 5.41) is 0. The van der Waals surface area contributed by atoms with Crippen LogP contribution in [0.15, 0.2) is 24.3 Å². The molecular weight excluding hydrogens is 252 g/mol. The third-order valence-electron chi connectivity index (χ3n) is 4.55. The molecule has 2 aliphatic heterocycles. The van der Waals surface area contributed by atoms with E-state index in [9.17, 15) is 0 Å². The molecule has 0 spiro atoms. The molecule has 1 aromatic carbocycles. The highest BCUT2D eigenvalue weighted by molar-refractivity contribution is 5.59. The van der Waals surface area contributed by atoms with Gasteiger partial charge in [-0.05, 0) is 37.9 Å². The lowest BCUT2D eigenvalue weighted by Crippen LogP contribution is -2.46. The van der Waals surface area contributed by atoms with Gasteiger partial charge >= 0.3 is 0 Å². The fourth-order valence-electron chi connectivity index (χ4n) is 3.20. The van der Waals surface area contributed by atoms with Crippen LogP contribution in [0.5, 0.6) is 5.75 Å². The largest absolute Gasteiger partial charge is 0.491 e. The Bertz CT molecular complexity index is 444. The summed E-state index contributed by atoms with van der Waals surface area (Å²) >= 11 is 0. The summed E-state index contributed by atoms with van der Waals surface area (Å²) < 4.78 is 11.3. The number of para-hydroxylation sites is 2. The van der Waals surface area contributed by atoms with Crippen molar-refractivity contribution in [3.63, 3.8) is 0 Å². The van der Waals surface area contributed by atoms with Crippen LogP contribution >= 0.6 is 0 Å². The van der Waals surface area contributed by atoms with E-state index in [0.717, 1.165) is 64.5 Å². The summed E-state index contributed by atoms with van der Waals surface area (Å²) in [7, 11) is 0. The first-order chi connectivity index (χ1) is 9.83. The number of fused-ring (bicyclic) bond motifs is 1. The van der Waals surface area contributed by atoms with Gasteiger partial charge in [-0.15, -0.1) is 0 Å². The van der Waals surface area contributed by atoms with Crippen molar-refractivity contribution in [2.45, 2.75) is 19.3 Å². The summed E-state index contributed by atoms with van der Waals surface area (Å²) in [6.07, 6.45) is 3.18. The Hall–Kier alpha value is -1.26. The van der Waals surface area contributed by atoms with Gasteiger partial charge in [-0.3, -0.25) is 0 Å². The summed E-state index contributed by atoms with van der Waals surface area (Å²) in [6, 6.07) is 8.34. The summed E-state index contributed by atoms with van der Waals surface area (Å²) in [4.78, 5) is 2.46. The number of ether oxygens (including phenoxy) is 2. The SMILES string of the molecule is NCC1(CN2CCCOc3ccccc32)CCOCC1. The van der Waals surface area contributed by atoms with Crippen LogP contribution in [0.3, 0.4) is 0 Å². The monoisotopic (exact) mass is 276 g/mol. The highest BCUT2D eigenvalue weighted by Gasteiger charge is 2.34. The second kappa shape index (κ2) is 6.02. The van der Waals surface area contributed by atoms with E-state index in [4.69, 9.17) is 15.2 Å². The number of benzene rings is 1. The van der Waals surface area contributed by atoms with Gasteiger partial charge in [-0.25, -0.2) is 0 Å². The maximum Gasteiger partial charge on any atom is 0.142 e. The smallest absolute Gasteiger partial charge is 0.142 e. The van der Waals surface area contributed by atoms with E-state index >= 15 is 0 Å². The number of hydrogen-bond acceptors (Lipinski definition) is 4. The van der Waals surface area contributed by atoms with Gasteiger partial charge in [0.1, 0.15) is 5.75 Å². The number of hydrogen-bond donors (Lipinski definition) is 1. The van der Waals surface area contributed by atoms with Gasteiger partial charge in [0.2, 0.25) is 0 Å². The van der Waals surface area contributed by atoms with Gasteiger partial charge in [-0.2, -0.15) is 0 Å². The van der Waals surface area contributed by atoms with Crippen LogP contribution in [0, 0.1) is 5.41 Å². The van der Waals surface area contributed by atoms with Gasteiger partial charge in [0.15, 0.2) is 0 Å². The van der Waals surface area contributed by atoms with Crippen LogP contribution in [0.2, 0.25) is 0 Å². The topological polar surface area (TPSA) is 47.7 Å². The molecule has 0 atom stereocenters. The molecule has 0 amide bonds. The average Bonchev–Trinajstić information content (AvgIpc) is 2.71. The lowest BCUT2D eigenvalue weighted by Gasteiger charge is -2.40. The molecule has 3 rings (SSSR count). The first-order valence-electron chi connectivity index (χ1n) is 7.58. The zero-order valence-electron chi connectivity index (χ0n) is 12.0. The molecule has 2 aliphatic rings. The van der Waals surface area contributed by atoms with Crippen molar-refractivity contribution in [2.75, 3.05) is 44.4 Å². The molecule has 0 saturated carbocycles. The highest BCUT2D eigenvalue weighted by atomic mass is 16.5. The van der Waals surface area contributed by atoms with Gasteiger partial charge in [0.05, 0.1) is 12.3 Å². The molecular formula is C16H24N2O2. The van der Waals surface area contributed by atoms with E-state index in [1.807, 2.05) is 6.07 Å². The molecule has 1 fully saturated rings. The van der Waals surface area contributed by atoms with Gasteiger partial charge in [0.25, 0.3) is 0 Å². The number of nitrogens with two attached hydrogens (primary N) is 1. The van der Waals surface area contributed by atoms with E-state index in [0.29, 0.717) is 0 Å². The van der Waals surface area contributed by atoms with E-state index in [-0.39, 0.29) is 5.41 Å². The van der Waals surface area contributed by atoms with Crippen LogP contribution < -0.4 is 15.4 Å². The molecule has 4 heteroatoms. The lowest BCUT2D eigenvalue weighted by molar-refractivity contribution is 0.0224. The standard InChI is InChI=1S/C16H24N2O2/c17-12-16(6-10-19-11-7-16)13-18-8-3-9-20-15-5-2-1-4-14(15)18/h1-2,4-5H,3,6-13,17H2. The van der Waals surface area contributed by atoms with Crippen molar-refractivity contribution in [1.82, 2.24) is 0 Å². The molecule has 20 heavy (non-hydrogen) atoms. The van der Waals surface area contributed by atoms with Crippen molar-refractivity contribution in [2.24, 2.45) is 11.1 Å². The van der Waals surface area contributed by atoms with Crippen LogP contribution in [-0.2, 0) is 4.74 Å². The Morgan fingerprint density at radius 2 is 1.95 bits per heavy atom. The maximum atomic E-state index is 6.10. The van der Waals surface area contributed by atoms with Gasteiger partial charge in [0, 0.05) is 31.7 Å². The second-order valence-electron chi connectivity index (χ2n) is 5.91. The average molecular weight is 276 g/mol. The first-order valence-corrected chi connectivity index (χ1v) is 7.58. The molecule has 0 radical (unpaired) electrons. The van der Waals surface area contributed by atoms with Crippen molar-refractivity contribution in [3.05, 3.63) is 24.3 Å². The van der Waals surface area contributed by atoms with E-state index in [2.05, 4.69) is 23.1 Å². The molecule has 1 saturated heterocycles. The molecule has 2 N–H and O–H groups in total. The van der Waals surface area contributed by atoms with Crippen molar-refractivity contribution < 1.29 is 9.47 Å². The minimum absolute atomic E-state index is 0.190. The summed E-state index contributed by atoms with van der Waals surface area (Å²) in [5.74, 6) is 1.00. The molecule has 0 bridgehead atoms. The molecule has 0 aromatic heterocycles.